The molecule has 2 fully saturated rings. The molecule has 0 amide bonds. The summed E-state index contributed by atoms with van der Waals surface area (Å²) in [6.45, 7) is 2.29. The van der Waals surface area contributed by atoms with E-state index < -0.39 is 12.0 Å². The van der Waals surface area contributed by atoms with Gasteiger partial charge in [-0.05, 0) is 79.9 Å². The molecule has 2 saturated carbocycles. The van der Waals surface area contributed by atoms with E-state index in [1.54, 1.807) is 6.07 Å². The van der Waals surface area contributed by atoms with Crippen LogP contribution in [0.15, 0.2) is 18.2 Å². The average molecular weight is 380 g/mol. The molecule has 27 heavy (non-hydrogen) atoms. The monoisotopic (exact) mass is 380 g/mol. The third kappa shape index (κ3) is 5.50. The van der Waals surface area contributed by atoms with Gasteiger partial charge in [0.25, 0.3) is 0 Å². The molecule has 0 aliphatic heterocycles. The Morgan fingerprint density at radius 2 is 1.52 bits per heavy atom. The maximum Gasteiger partial charge on any atom is 0.458 e. The minimum Gasteiger partial charge on any atom is -0.206 e. The van der Waals surface area contributed by atoms with Crippen LogP contribution in [0.4, 0.5) is 17.6 Å². The molecule has 1 aromatic rings. The summed E-state index contributed by atoms with van der Waals surface area (Å²) >= 11 is 0. The Labute approximate surface area is 159 Å². The van der Waals surface area contributed by atoms with Gasteiger partial charge in [-0.3, -0.25) is 0 Å². The summed E-state index contributed by atoms with van der Waals surface area (Å²) in [5.74, 6) is 5.25. The standard InChI is InChI=1S/C23H28F4/c1-2-16-3-5-17(6-4-16)18-7-9-19(10-8-18)21-12-11-20(22(24)15-21)13-14-23(25,26)27/h11-12,15-19H,2-10H2,1H3. The summed E-state index contributed by atoms with van der Waals surface area (Å²) in [5.41, 5.74) is 0.718. The zero-order valence-corrected chi connectivity index (χ0v) is 15.9. The molecular weight excluding hydrogens is 352 g/mol. The molecule has 148 valence electrons. The summed E-state index contributed by atoms with van der Waals surface area (Å²) < 4.78 is 50.7. The SMILES string of the molecule is CCC1CCC(C2CCC(c3ccc(C#CC(F)(F)F)c(F)c3)CC2)CC1. The lowest BCUT2D eigenvalue weighted by molar-refractivity contribution is -0.0696. The third-order valence-electron chi connectivity index (χ3n) is 6.71. The van der Waals surface area contributed by atoms with Crippen molar-refractivity contribution in [2.45, 2.75) is 76.8 Å². The molecule has 0 aromatic heterocycles. The van der Waals surface area contributed by atoms with Gasteiger partial charge in [0.1, 0.15) is 5.82 Å². The zero-order chi connectivity index (χ0) is 19.4. The van der Waals surface area contributed by atoms with Gasteiger partial charge in [-0.15, -0.1) is 0 Å². The predicted octanol–water partition coefficient (Wildman–Crippen LogP) is 7.23. The minimum atomic E-state index is -4.60. The first-order valence-electron chi connectivity index (χ1n) is 10.2. The number of alkyl halides is 3. The number of rotatable bonds is 3. The third-order valence-corrected chi connectivity index (χ3v) is 6.71. The number of hydrogen-bond acceptors (Lipinski definition) is 0. The van der Waals surface area contributed by atoms with Crippen molar-refractivity contribution in [2.75, 3.05) is 0 Å². The maximum absolute atomic E-state index is 14.1. The summed E-state index contributed by atoms with van der Waals surface area (Å²) in [6, 6.07) is 4.53. The van der Waals surface area contributed by atoms with Crippen molar-refractivity contribution in [3.05, 3.63) is 35.1 Å². The Hall–Kier alpha value is -1.50. The molecule has 1 aromatic carbocycles. The van der Waals surface area contributed by atoms with Crippen LogP contribution < -0.4 is 0 Å². The predicted molar refractivity (Wildman–Crippen MR) is 99.8 cm³/mol. The van der Waals surface area contributed by atoms with Crippen molar-refractivity contribution in [3.8, 4) is 11.8 Å². The number of benzene rings is 1. The van der Waals surface area contributed by atoms with Crippen molar-refractivity contribution in [3.63, 3.8) is 0 Å². The first-order valence-corrected chi connectivity index (χ1v) is 10.2. The second-order valence-electron chi connectivity index (χ2n) is 8.29. The van der Waals surface area contributed by atoms with Crippen LogP contribution in [0.5, 0.6) is 0 Å². The fourth-order valence-electron chi connectivity index (χ4n) is 5.02. The van der Waals surface area contributed by atoms with Crippen LogP contribution in [-0.4, -0.2) is 6.18 Å². The Bertz CT molecular complexity index is 679. The van der Waals surface area contributed by atoms with E-state index in [9.17, 15) is 17.6 Å². The molecular formula is C23H28F4. The van der Waals surface area contributed by atoms with E-state index in [-0.39, 0.29) is 5.56 Å². The molecule has 0 heterocycles. The molecule has 0 radical (unpaired) electrons. The first kappa shape index (κ1) is 20.2. The van der Waals surface area contributed by atoms with Gasteiger partial charge < -0.3 is 0 Å². The lowest BCUT2D eigenvalue weighted by Gasteiger charge is -2.38. The van der Waals surface area contributed by atoms with Gasteiger partial charge in [-0.25, -0.2) is 4.39 Å². The molecule has 3 rings (SSSR count). The van der Waals surface area contributed by atoms with Crippen LogP contribution in [0, 0.1) is 35.4 Å². The fraction of sp³-hybridized carbons (Fsp3) is 0.652. The molecule has 4 heteroatoms. The fourth-order valence-corrected chi connectivity index (χ4v) is 5.02. The smallest absolute Gasteiger partial charge is 0.206 e. The van der Waals surface area contributed by atoms with Gasteiger partial charge in [-0.1, -0.05) is 38.2 Å². The van der Waals surface area contributed by atoms with E-state index in [1.165, 1.54) is 57.1 Å². The van der Waals surface area contributed by atoms with E-state index in [0.717, 1.165) is 42.1 Å². The van der Waals surface area contributed by atoms with Crippen LogP contribution in [0.2, 0.25) is 0 Å². The highest BCUT2D eigenvalue weighted by atomic mass is 19.4. The van der Waals surface area contributed by atoms with E-state index in [2.05, 4.69) is 6.92 Å². The van der Waals surface area contributed by atoms with Gasteiger partial charge in [0.05, 0.1) is 5.56 Å². The van der Waals surface area contributed by atoms with Gasteiger partial charge in [-0.2, -0.15) is 13.2 Å². The Kier molecular flexibility index (Phi) is 6.50. The van der Waals surface area contributed by atoms with Crippen molar-refractivity contribution >= 4 is 0 Å². The highest BCUT2D eigenvalue weighted by Gasteiger charge is 2.31. The van der Waals surface area contributed by atoms with E-state index in [4.69, 9.17) is 0 Å². The highest BCUT2D eigenvalue weighted by Crippen LogP contribution is 2.44. The maximum atomic E-state index is 14.1. The van der Waals surface area contributed by atoms with Crippen LogP contribution in [-0.2, 0) is 0 Å². The van der Waals surface area contributed by atoms with Crippen molar-refractivity contribution in [1.29, 1.82) is 0 Å². The van der Waals surface area contributed by atoms with Crippen LogP contribution >= 0.6 is 0 Å². The molecule has 0 unspecified atom stereocenters. The summed E-state index contributed by atoms with van der Waals surface area (Å²) in [6.07, 6.45) is 6.61. The topological polar surface area (TPSA) is 0 Å². The zero-order valence-electron chi connectivity index (χ0n) is 15.9. The van der Waals surface area contributed by atoms with Gasteiger partial charge in [0, 0.05) is 5.92 Å². The lowest BCUT2D eigenvalue weighted by atomic mass is 9.68. The van der Waals surface area contributed by atoms with Gasteiger partial charge in [0.15, 0.2) is 0 Å². The Morgan fingerprint density at radius 3 is 2.04 bits per heavy atom. The molecule has 0 saturated heterocycles. The molecule has 2 aliphatic rings. The summed E-state index contributed by atoms with van der Waals surface area (Å²) in [4.78, 5) is 0. The second kappa shape index (κ2) is 8.67. The van der Waals surface area contributed by atoms with Crippen LogP contribution in [0.25, 0.3) is 0 Å². The number of halogens is 4. The highest BCUT2D eigenvalue weighted by molar-refractivity contribution is 5.39. The van der Waals surface area contributed by atoms with Gasteiger partial charge >= 0.3 is 6.18 Å². The molecule has 0 nitrogen and oxygen atoms in total. The molecule has 0 spiro atoms. The van der Waals surface area contributed by atoms with Gasteiger partial charge in [0.2, 0.25) is 0 Å². The summed E-state index contributed by atoms with van der Waals surface area (Å²) in [7, 11) is 0. The lowest BCUT2D eigenvalue weighted by Crippen LogP contribution is -2.25. The minimum absolute atomic E-state index is 0.183. The molecule has 2 aliphatic carbocycles. The van der Waals surface area contributed by atoms with E-state index in [0.29, 0.717) is 5.92 Å². The van der Waals surface area contributed by atoms with E-state index >= 15 is 0 Å². The average Bonchev–Trinajstić information content (AvgIpc) is 2.66. The Morgan fingerprint density at radius 1 is 0.926 bits per heavy atom. The summed E-state index contributed by atoms with van der Waals surface area (Å²) in [5, 5.41) is 0. The van der Waals surface area contributed by atoms with E-state index in [1.807, 2.05) is 5.92 Å². The van der Waals surface area contributed by atoms with Crippen molar-refractivity contribution in [2.24, 2.45) is 17.8 Å². The second-order valence-corrected chi connectivity index (χ2v) is 8.29. The molecule has 0 atom stereocenters. The van der Waals surface area contributed by atoms with Crippen LogP contribution in [0.1, 0.15) is 81.8 Å². The number of hydrogen-bond donors (Lipinski definition) is 0. The quantitative estimate of drug-likeness (QED) is 0.383. The normalized spacial score (nSPS) is 29.1. The Balaban J connectivity index is 1.56. The molecule has 0 bridgehead atoms. The first-order chi connectivity index (χ1) is 12.9. The molecule has 0 N–H and O–H groups in total. The van der Waals surface area contributed by atoms with Crippen LogP contribution in [0.3, 0.4) is 0 Å². The van der Waals surface area contributed by atoms with Crippen molar-refractivity contribution < 1.29 is 17.6 Å². The largest absolute Gasteiger partial charge is 0.458 e. The van der Waals surface area contributed by atoms with Crippen molar-refractivity contribution in [1.82, 2.24) is 0 Å².